The van der Waals surface area contributed by atoms with Gasteiger partial charge in [-0.2, -0.15) is 0 Å². The summed E-state index contributed by atoms with van der Waals surface area (Å²) in [4.78, 5) is 54.9. The molecule has 8 aromatic heterocycles. The third kappa shape index (κ3) is 26.6. The summed E-state index contributed by atoms with van der Waals surface area (Å²) in [6, 6.07) is 109. The van der Waals surface area contributed by atoms with E-state index in [0.29, 0.717) is 0 Å². The number of benzene rings is 7. The number of aromatic carboxylic acids is 2. The number of carboxylic acid groups (broad SMARTS) is 2. The van der Waals surface area contributed by atoms with Crippen LogP contribution < -0.4 is 31.1 Å². The maximum absolute atomic E-state index is 10.1. The number of fused-ring (bicyclic) bond motifs is 7. The van der Waals surface area contributed by atoms with Crippen LogP contribution in [0.4, 0.5) is 0 Å². The molecule has 2 N–H and O–H groups in total. The fourth-order valence-corrected chi connectivity index (χ4v) is 30.2. The van der Waals surface area contributed by atoms with Crippen molar-refractivity contribution in [1.29, 1.82) is 0 Å². The number of pyridine rings is 8. The molecule has 5 radical (unpaired) electrons. The normalized spacial score (nSPS) is 14.1. The van der Waals surface area contributed by atoms with E-state index in [-0.39, 0.29) is 112 Å². The van der Waals surface area contributed by atoms with Gasteiger partial charge in [0.2, 0.25) is 0 Å². The van der Waals surface area contributed by atoms with Gasteiger partial charge in [0.05, 0.1) is 32.3 Å². The average molecular weight is 2630 g/mol. The Kier molecular flexibility index (Phi) is 38.9. The van der Waals surface area contributed by atoms with E-state index in [4.69, 9.17) is 10.2 Å². The maximum atomic E-state index is 10.1. The van der Waals surface area contributed by atoms with Crippen LogP contribution in [0.1, 0.15) is 56.1 Å². The fourth-order valence-electron chi connectivity index (χ4n) is 16.3. The third-order valence-corrected chi connectivity index (χ3v) is 40.6. The van der Waals surface area contributed by atoms with Crippen LogP contribution in [-0.2, 0) is 126 Å². The van der Waals surface area contributed by atoms with Gasteiger partial charge >= 0.3 is 11.9 Å². The predicted octanol–water partition coefficient (Wildman–Crippen LogP) is 20.3. The second-order valence-electron chi connectivity index (χ2n) is 33.8. The van der Waals surface area contributed by atoms with Crippen molar-refractivity contribution in [3.05, 3.63) is 374 Å². The first-order valence-corrected chi connectivity index (χ1v) is 57.4. The second-order valence-corrected chi connectivity index (χ2v) is 57.4. The Morgan fingerprint density at radius 3 is 0.857 bits per heavy atom. The van der Waals surface area contributed by atoms with E-state index >= 15 is 0 Å². The Morgan fingerprint density at radius 1 is 0.270 bits per heavy atom. The summed E-state index contributed by atoms with van der Waals surface area (Å²) in [6.07, 6.45) is 22.8. The zero-order valence-corrected chi connectivity index (χ0v) is 89.4. The van der Waals surface area contributed by atoms with E-state index < -0.39 is 52.3 Å². The van der Waals surface area contributed by atoms with Crippen molar-refractivity contribution >= 4 is 83.4 Å². The summed E-state index contributed by atoms with van der Waals surface area (Å²) in [7, 11) is -6.33. The van der Waals surface area contributed by atoms with Crippen molar-refractivity contribution in [1.82, 2.24) is 39.9 Å². The van der Waals surface area contributed by atoms with Crippen molar-refractivity contribution < 1.29 is 120 Å². The minimum absolute atomic E-state index is 0. The van der Waals surface area contributed by atoms with Crippen LogP contribution >= 0.6 is 0 Å². The first-order chi connectivity index (χ1) is 58.4. The molecule has 5 aliphatic heterocycles. The zero-order valence-electron chi connectivity index (χ0n) is 72.4. The van der Waals surface area contributed by atoms with E-state index in [2.05, 4.69) is 251 Å². The van der Waals surface area contributed by atoms with E-state index in [9.17, 15) is 9.59 Å². The SMILES string of the molecule is C[Si]1(C)CCCc2cc(-c3[c-]cccc3)ncc21.C[Si]1(C)CCCc2cc(-c3[c-]cccc3)ncc21.C[Si]1(C)CCc2cc(-c3[c-]cccc3)ncc21.C[Si]1(C)CCc2cc(-c3[c-]cccc3)ncc21.C[Si]1(C)c2ccccc2-c2cnc(-c3[c-]cccc3)cc21.O=C(O)c1ccccn1.O=C(O)c1ccccn1.[Ir].[Ir].[Ir].[Ir].[Ir].[c-]1ccccc1-c1ccccn1. The Hall–Kier alpha value is -8.99. The van der Waals surface area contributed by atoms with Crippen LogP contribution in [0.5, 0.6) is 0 Å². The smallest absolute Gasteiger partial charge is 0.354 e. The van der Waals surface area contributed by atoms with Crippen LogP contribution in [0.2, 0.25) is 89.6 Å². The van der Waals surface area contributed by atoms with Crippen molar-refractivity contribution in [2.24, 2.45) is 0 Å². The first kappa shape index (κ1) is 102. The molecule has 12 nitrogen and oxygen atoms in total. The van der Waals surface area contributed by atoms with Crippen molar-refractivity contribution in [3.8, 4) is 78.7 Å². The summed E-state index contributed by atoms with van der Waals surface area (Å²) in [5.74, 6) is -1.98. The summed E-state index contributed by atoms with van der Waals surface area (Å²) < 4.78 is 0. The molecule has 653 valence electrons. The van der Waals surface area contributed by atoms with Gasteiger partial charge in [0.25, 0.3) is 0 Å². The standard InChI is InChI=1S/C19H16NSi.2C16H18NSi.2C15H16NSi.C11H8N.2C6H5NO2.5Ir/c1-21(2)18-11-7-6-10-15(18)16-13-20-17(12-19(16)21)14-8-4-3-5-9-14;2*1-18(2)10-6-9-14-11-15(17-12-16(14)18)13-7-4-3-5-8-13;2*1-17(2)9-8-13-10-14(16-11-15(13)17)12-6-4-3-5-7-12;1-2-6-10(7-3-1)11-8-4-5-9-12-11;2*8-6(9)5-3-1-2-4-7-5;;;;;/h3-8,10-13H,1-2H3;2*3-5,7,11-12H,6,9-10H2,1-2H3;2*3-6,10-11H,8-9H2,1-2H3;1-6,8-9H;2*1-4H,(H,8,9);;;;;/q6*-1;;;;;;;. The van der Waals surface area contributed by atoms with E-state index in [1.54, 1.807) is 51.2 Å². The number of carbonyl (C=O) groups is 2. The fraction of sp³-hybridized carbons (Fsp3) is 0.192. The van der Waals surface area contributed by atoms with Gasteiger partial charge in [-0.1, -0.05) is 197 Å². The molecule has 0 spiro atoms. The molecule has 0 saturated heterocycles. The van der Waals surface area contributed by atoms with Gasteiger partial charge < -0.3 is 40.1 Å². The molecular weight excluding hydrogens is 2530 g/mol. The summed E-state index contributed by atoms with van der Waals surface area (Å²) in [5, 5.41) is 25.9. The molecule has 0 unspecified atom stereocenters. The quantitative estimate of drug-likeness (QED) is 0.109. The van der Waals surface area contributed by atoms with Gasteiger partial charge in [-0.3, -0.25) is 0 Å². The zero-order chi connectivity index (χ0) is 85.0. The molecule has 0 saturated carbocycles. The van der Waals surface area contributed by atoms with Gasteiger partial charge in [0.15, 0.2) is 0 Å². The maximum Gasteiger partial charge on any atom is 0.354 e. The number of aryl methyl sites for hydroxylation is 4. The predicted molar refractivity (Wildman–Crippen MR) is 507 cm³/mol. The molecule has 0 fully saturated rings. The Bertz CT molecular complexity index is 5680. The molecule has 22 heteroatoms. The van der Waals surface area contributed by atoms with Gasteiger partial charge in [0, 0.05) is 150 Å². The average Bonchev–Trinajstić information content (AvgIpc) is 1.58. The third-order valence-electron chi connectivity index (χ3n) is 23.2. The number of hydrogen-bond acceptors (Lipinski definition) is 10. The van der Waals surface area contributed by atoms with Crippen molar-refractivity contribution in [2.45, 2.75) is 128 Å². The Balaban J connectivity index is 0.000000180. The van der Waals surface area contributed by atoms with Gasteiger partial charge in [-0.15, -0.1) is 215 Å². The van der Waals surface area contributed by atoms with E-state index in [1.165, 1.54) is 131 Å². The van der Waals surface area contributed by atoms with E-state index in [0.717, 1.165) is 67.5 Å². The van der Waals surface area contributed by atoms with Crippen LogP contribution in [0.15, 0.2) is 304 Å². The summed E-state index contributed by atoms with van der Waals surface area (Å²) in [5.41, 5.74) is 21.7. The van der Waals surface area contributed by atoms with Gasteiger partial charge in [-0.25, -0.2) is 19.6 Å². The molecule has 0 atom stereocenters. The number of rotatable bonds is 8. The number of carboxylic acids is 2. The summed E-state index contributed by atoms with van der Waals surface area (Å²) >= 11 is 0. The Labute approximate surface area is 816 Å². The van der Waals surface area contributed by atoms with Crippen molar-refractivity contribution in [2.75, 3.05) is 0 Å². The van der Waals surface area contributed by atoms with Crippen LogP contribution in [0.3, 0.4) is 0 Å². The van der Waals surface area contributed by atoms with Gasteiger partial charge in [-0.05, 0) is 139 Å². The molecule has 7 aromatic carbocycles. The van der Waals surface area contributed by atoms with E-state index in [1.807, 2.05) is 140 Å². The van der Waals surface area contributed by atoms with Crippen LogP contribution in [0, 0.1) is 36.4 Å². The first-order valence-electron chi connectivity index (χ1n) is 41.5. The second kappa shape index (κ2) is 47.9. The molecule has 126 heavy (non-hydrogen) atoms. The minimum Gasteiger partial charge on any atom is -0.477 e. The molecular formula is C104H102Ir5N8O4Si5-6. The largest absolute Gasteiger partial charge is 0.477 e. The molecule has 5 aliphatic rings. The van der Waals surface area contributed by atoms with Crippen LogP contribution in [-0.4, -0.2) is 102 Å². The molecule has 13 heterocycles. The Morgan fingerprint density at radius 2 is 0.556 bits per heavy atom. The molecule has 0 aliphatic carbocycles. The number of aromatic nitrogens is 8. The monoisotopic (exact) mass is 2630 g/mol. The van der Waals surface area contributed by atoms with Gasteiger partial charge in [0.1, 0.15) is 19.5 Å². The topological polar surface area (TPSA) is 178 Å². The number of nitrogens with zero attached hydrogens (tertiary/aromatic N) is 8. The molecule has 0 amide bonds. The molecule has 20 rings (SSSR count). The minimum atomic E-state index is -1.60. The van der Waals surface area contributed by atoms with Crippen LogP contribution in [0.25, 0.3) is 78.7 Å². The van der Waals surface area contributed by atoms with Crippen molar-refractivity contribution in [3.63, 3.8) is 0 Å². The molecule has 15 aromatic rings. The molecule has 0 bridgehead atoms. The summed E-state index contributed by atoms with van der Waals surface area (Å²) in [6.45, 7) is 24.4. The number of hydrogen-bond donors (Lipinski definition) is 2.